The van der Waals surface area contributed by atoms with E-state index in [1.165, 1.54) is 0 Å². The largest absolute Gasteiger partial charge is 0.382 e. The number of anilines is 2. The molecule has 162 valence electrons. The normalized spacial score (nSPS) is 10.7. The fourth-order valence-corrected chi connectivity index (χ4v) is 3.03. The summed E-state index contributed by atoms with van der Waals surface area (Å²) in [6.45, 7) is 3.11. The summed E-state index contributed by atoms with van der Waals surface area (Å²) in [5.74, 6) is 0.0988. The molecule has 31 heavy (non-hydrogen) atoms. The van der Waals surface area contributed by atoms with E-state index in [-0.39, 0.29) is 5.91 Å². The van der Waals surface area contributed by atoms with E-state index in [1.54, 1.807) is 24.5 Å². The van der Waals surface area contributed by atoms with Crippen LogP contribution in [-0.2, 0) is 17.9 Å². The first-order chi connectivity index (χ1) is 15.2. The Morgan fingerprint density at radius 3 is 2.58 bits per heavy atom. The van der Waals surface area contributed by atoms with Gasteiger partial charge < -0.3 is 21.1 Å². The van der Waals surface area contributed by atoms with Crippen LogP contribution in [0.2, 0.25) is 0 Å². The fraction of sp³-hybridized carbons (Fsp3) is 0.292. The molecule has 4 N–H and O–H groups in total. The number of amides is 1. The smallest absolute Gasteiger partial charge is 0.255 e. The first-order valence-electron chi connectivity index (χ1n) is 10.5. The molecule has 0 bridgehead atoms. The van der Waals surface area contributed by atoms with Gasteiger partial charge in [-0.3, -0.25) is 9.78 Å². The van der Waals surface area contributed by atoms with E-state index in [4.69, 9.17) is 10.5 Å². The second kappa shape index (κ2) is 12.4. The molecule has 0 radical (unpaired) electrons. The van der Waals surface area contributed by atoms with Crippen molar-refractivity contribution >= 4 is 17.4 Å². The third-order valence-corrected chi connectivity index (χ3v) is 4.77. The average Bonchev–Trinajstić information content (AvgIpc) is 2.80. The SMILES string of the molecule is Nc1ncccc1NC(=O)c1ccc(CNCCCCCOCc2cccnc2)cc1. The lowest BCUT2D eigenvalue weighted by Crippen LogP contribution is -2.16. The molecule has 0 unspecified atom stereocenters. The summed E-state index contributed by atoms with van der Waals surface area (Å²) in [5.41, 5.74) is 9.10. The van der Waals surface area contributed by atoms with Crippen molar-refractivity contribution in [2.45, 2.75) is 32.4 Å². The van der Waals surface area contributed by atoms with Crippen LogP contribution in [0.3, 0.4) is 0 Å². The number of nitrogens with one attached hydrogen (secondary N) is 2. The Hall–Kier alpha value is -3.29. The maximum Gasteiger partial charge on any atom is 0.255 e. The summed E-state index contributed by atoms with van der Waals surface area (Å²) in [6, 6.07) is 15.0. The molecule has 0 fully saturated rings. The van der Waals surface area contributed by atoms with Crippen LogP contribution >= 0.6 is 0 Å². The van der Waals surface area contributed by atoms with Gasteiger partial charge in [-0.25, -0.2) is 4.98 Å². The van der Waals surface area contributed by atoms with Gasteiger partial charge in [0.25, 0.3) is 5.91 Å². The van der Waals surface area contributed by atoms with Crippen LogP contribution in [0.25, 0.3) is 0 Å². The predicted octanol–water partition coefficient (Wildman–Crippen LogP) is 3.79. The quantitative estimate of drug-likeness (QED) is 0.386. The molecule has 7 heteroatoms. The van der Waals surface area contributed by atoms with E-state index in [1.807, 2.05) is 42.6 Å². The molecular weight excluding hydrogens is 390 g/mol. The molecule has 0 atom stereocenters. The highest BCUT2D eigenvalue weighted by molar-refractivity contribution is 6.05. The lowest BCUT2D eigenvalue weighted by molar-refractivity contribution is 0.102. The van der Waals surface area contributed by atoms with Gasteiger partial charge >= 0.3 is 0 Å². The highest BCUT2D eigenvalue weighted by Gasteiger charge is 2.08. The van der Waals surface area contributed by atoms with Crippen LogP contribution in [0.1, 0.15) is 40.7 Å². The predicted molar refractivity (Wildman–Crippen MR) is 122 cm³/mol. The first-order valence-corrected chi connectivity index (χ1v) is 10.5. The molecule has 1 amide bonds. The molecule has 1 aromatic carbocycles. The second-order valence-corrected chi connectivity index (χ2v) is 7.24. The van der Waals surface area contributed by atoms with Crippen molar-refractivity contribution in [2.75, 3.05) is 24.2 Å². The number of carbonyl (C=O) groups is 1. The molecule has 0 saturated carbocycles. The number of pyridine rings is 2. The van der Waals surface area contributed by atoms with E-state index in [9.17, 15) is 4.79 Å². The van der Waals surface area contributed by atoms with Crippen LogP contribution in [0.15, 0.2) is 67.1 Å². The van der Waals surface area contributed by atoms with Crippen molar-refractivity contribution in [3.63, 3.8) is 0 Å². The minimum atomic E-state index is -0.204. The molecule has 0 aliphatic carbocycles. The number of hydrogen-bond acceptors (Lipinski definition) is 6. The standard InChI is InChI=1S/C24H29N5O2/c25-23-22(7-5-14-28-23)29-24(30)21-10-8-19(9-11-21)16-26-12-2-1-3-15-31-18-20-6-4-13-27-17-20/h4-11,13-14,17,26H,1-3,12,15-16,18H2,(H2,25,28)(H,29,30). The van der Waals surface area contributed by atoms with Crippen molar-refractivity contribution in [3.8, 4) is 0 Å². The fourth-order valence-electron chi connectivity index (χ4n) is 3.03. The van der Waals surface area contributed by atoms with Crippen molar-refractivity contribution in [2.24, 2.45) is 0 Å². The summed E-state index contributed by atoms with van der Waals surface area (Å²) in [7, 11) is 0. The number of unbranched alkanes of at least 4 members (excludes halogenated alkanes) is 2. The van der Waals surface area contributed by atoms with Gasteiger partial charge in [-0.15, -0.1) is 0 Å². The maximum absolute atomic E-state index is 12.3. The Morgan fingerprint density at radius 1 is 0.968 bits per heavy atom. The van der Waals surface area contributed by atoms with Gasteiger partial charge in [-0.05, 0) is 67.3 Å². The van der Waals surface area contributed by atoms with Gasteiger partial charge in [0.05, 0.1) is 12.3 Å². The molecule has 0 aliphatic rings. The molecule has 2 aromatic heterocycles. The van der Waals surface area contributed by atoms with Crippen molar-refractivity contribution < 1.29 is 9.53 Å². The maximum atomic E-state index is 12.3. The Kier molecular flexibility index (Phi) is 8.97. The topological polar surface area (TPSA) is 102 Å². The molecular formula is C24H29N5O2. The number of nitrogens with two attached hydrogens (primary N) is 1. The number of nitrogen functional groups attached to an aromatic ring is 1. The molecule has 3 aromatic rings. The Labute approximate surface area is 183 Å². The molecule has 0 aliphatic heterocycles. The Morgan fingerprint density at radius 2 is 1.81 bits per heavy atom. The van der Waals surface area contributed by atoms with Gasteiger partial charge in [0.1, 0.15) is 5.82 Å². The minimum absolute atomic E-state index is 0.204. The molecule has 2 heterocycles. The van der Waals surface area contributed by atoms with Crippen molar-refractivity contribution in [3.05, 3.63) is 83.8 Å². The van der Waals surface area contributed by atoms with E-state index >= 15 is 0 Å². The Bertz CT molecular complexity index is 932. The lowest BCUT2D eigenvalue weighted by Gasteiger charge is -2.08. The highest BCUT2D eigenvalue weighted by atomic mass is 16.5. The van der Waals surface area contributed by atoms with Gasteiger partial charge in [-0.1, -0.05) is 18.2 Å². The number of ether oxygens (including phenoxy) is 1. The third kappa shape index (κ3) is 7.81. The van der Waals surface area contributed by atoms with Gasteiger partial charge in [-0.2, -0.15) is 0 Å². The van der Waals surface area contributed by atoms with Crippen LogP contribution in [0, 0.1) is 0 Å². The number of aromatic nitrogens is 2. The summed E-state index contributed by atoms with van der Waals surface area (Å²) in [6.07, 6.45) is 8.46. The van der Waals surface area contributed by atoms with Crippen LogP contribution < -0.4 is 16.4 Å². The number of carbonyl (C=O) groups excluding carboxylic acids is 1. The molecule has 0 spiro atoms. The zero-order valence-electron chi connectivity index (χ0n) is 17.6. The van der Waals surface area contributed by atoms with E-state index < -0.39 is 0 Å². The zero-order chi connectivity index (χ0) is 21.7. The molecule has 3 rings (SSSR count). The first kappa shape index (κ1) is 22.4. The summed E-state index contributed by atoms with van der Waals surface area (Å²) in [4.78, 5) is 20.4. The van der Waals surface area contributed by atoms with Crippen LogP contribution in [-0.4, -0.2) is 29.0 Å². The van der Waals surface area contributed by atoms with E-state index in [0.717, 1.165) is 50.1 Å². The van der Waals surface area contributed by atoms with Crippen LogP contribution in [0.5, 0.6) is 0 Å². The van der Waals surface area contributed by atoms with Crippen molar-refractivity contribution in [1.82, 2.24) is 15.3 Å². The van der Waals surface area contributed by atoms with Gasteiger partial charge in [0.15, 0.2) is 0 Å². The average molecular weight is 420 g/mol. The lowest BCUT2D eigenvalue weighted by atomic mass is 10.1. The zero-order valence-corrected chi connectivity index (χ0v) is 17.6. The van der Waals surface area contributed by atoms with E-state index in [2.05, 4.69) is 20.6 Å². The summed E-state index contributed by atoms with van der Waals surface area (Å²) >= 11 is 0. The Balaban J connectivity index is 1.26. The summed E-state index contributed by atoms with van der Waals surface area (Å²) < 4.78 is 5.67. The number of benzene rings is 1. The van der Waals surface area contributed by atoms with Gasteiger partial charge in [0, 0.05) is 37.3 Å². The summed E-state index contributed by atoms with van der Waals surface area (Å²) in [5, 5.41) is 6.22. The van der Waals surface area contributed by atoms with Crippen LogP contribution in [0.4, 0.5) is 11.5 Å². The number of rotatable bonds is 12. The van der Waals surface area contributed by atoms with Gasteiger partial charge in [0.2, 0.25) is 0 Å². The highest BCUT2D eigenvalue weighted by Crippen LogP contribution is 2.15. The van der Waals surface area contributed by atoms with Crippen molar-refractivity contribution in [1.29, 1.82) is 0 Å². The monoisotopic (exact) mass is 419 g/mol. The van der Waals surface area contributed by atoms with E-state index in [0.29, 0.717) is 23.7 Å². The molecule has 0 saturated heterocycles. The number of nitrogens with zero attached hydrogens (tertiary/aromatic N) is 2. The third-order valence-electron chi connectivity index (χ3n) is 4.77. The number of hydrogen-bond donors (Lipinski definition) is 3. The minimum Gasteiger partial charge on any atom is -0.382 e. The molecule has 7 nitrogen and oxygen atoms in total. The second-order valence-electron chi connectivity index (χ2n) is 7.24.